The van der Waals surface area contributed by atoms with Crippen LogP contribution in [0.5, 0.6) is 0 Å². The molecule has 26 heavy (non-hydrogen) atoms. The normalized spacial score (nSPS) is 10.7. The van der Waals surface area contributed by atoms with E-state index in [-0.39, 0.29) is 0 Å². The van der Waals surface area contributed by atoms with Crippen LogP contribution in [0.3, 0.4) is 0 Å². The lowest BCUT2D eigenvalue weighted by atomic mass is 10.2. The maximum atomic E-state index is 12.0. The van der Waals surface area contributed by atoms with Gasteiger partial charge in [0.2, 0.25) is 0 Å². The summed E-state index contributed by atoms with van der Waals surface area (Å²) in [5.41, 5.74) is 5.91. The van der Waals surface area contributed by atoms with Gasteiger partial charge in [0.25, 0.3) is 11.8 Å². The maximum Gasteiger partial charge on any atom is 0.331 e. The summed E-state index contributed by atoms with van der Waals surface area (Å²) in [6.07, 6.45) is 6.11. The first-order valence-electron chi connectivity index (χ1n) is 8.42. The third kappa shape index (κ3) is 7.21. The SMILES string of the molecule is C/C=C/C=C/C(=O)OCC(=O)NNC(=O)c1ccc(N(CC)CC)cc1. The van der Waals surface area contributed by atoms with Crippen molar-refractivity contribution in [2.24, 2.45) is 0 Å². The summed E-state index contributed by atoms with van der Waals surface area (Å²) in [4.78, 5) is 37.1. The number of hydrogen-bond donors (Lipinski definition) is 2. The van der Waals surface area contributed by atoms with Crippen LogP contribution in [0.1, 0.15) is 31.1 Å². The summed E-state index contributed by atoms with van der Waals surface area (Å²) < 4.78 is 4.73. The van der Waals surface area contributed by atoms with Crippen molar-refractivity contribution in [3.63, 3.8) is 0 Å². The molecule has 0 radical (unpaired) electrons. The van der Waals surface area contributed by atoms with Crippen LogP contribution in [0.15, 0.2) is 48.6 Å². The quantitative estimate of drug-likeness (QED) is 0.321. The molecular weight excluding hydrogens is 334 g/mol. The minimum atomic E-state index is -0.642. The van der Waals surface area contributed by atoms with Crippen LogP contribution < -0.4 is 15.8 Å². The number of carbonyl (C=O) groups excluding carboxylic acids is 3. The fourth-order valence-corrected chi connectivity index (χ4v) is 2.08. The van der Waals surface area contributed by atoms with Gasteiger partial charge in [-0.1, -0.05) is 18.2 Å². The van der Waals surface area contributed by atoms with Gasteiger partial charge in [-0.3, -0.25) is 20.4 Å². The molecule has 0 spiro atoms. The molecule has 7 nitrogen and oxygen atoms in total. The fourth-order valence-electron chi connectivity index (χ4n) is 2.08. The molecule has 0 aliphatic rings. The molecule has 2 N–H and O–H groups in total. The smallest absolute Gasteiger partial charge is 0.331 e. The van der Waals surface area contributed by atoms with Crippen LogP contribution in [0.4, 0.5) is 5.69 Å². The number of hydrazine groups is 1. The highest BCUT2D eigenvalue weighted by Gasteiger charge is 2.09. The molecule has 0 unspecified atom stereocenters. The lowest BCUT2D eigenvalue weighted by Crippen LogP contribution is -2.43. The Labute approximate surface area is 153 Å². The number of ether oxygens (including phenoxy) is 1. The number of benzene rings is 1. The molecule has 0 saturated heterocycles. The number of nitrogens with one attached hydrogen (secondary N) is 2. The minimum absolute atomic E-state index is 0.410. The minimum Gasteiger partial charge on any atom is -0.452 e. The van der Waals surface area contributed by atoms with Gasteiger partial charge < -0.3 is 9.64 Å². The summed E-state index contributed by atoms with van der Waals surface area (Å²) in [5, 5.41) is 0. The Bertz CT molecular complexity index is 662. The van der Waals surface area contributed by atoms with Gasteiger partial charge in [0.15, 0.2) is 6.61 Å². The number of esters is 1. The molecule has 1 aromatic carbocycles. The zero-order valence-corrected chi connectivity index (χ0v) is 15.3. The predicted molar refractivity (Wildman–Crippen MR) is 101 cm³/mol. The zero-order valence-electron chi connectivity index (χ0n) is 15.3. The summed E-state index contributed by atoms with van der Waals surface area (Å²) in [6.45, 7) is 7.19. The standard InChI is InChI=1S/C19H25N3O4/c1-4-7-8-9-18(24)26-14-17(23)20-21-19(25)15-10-12-16(13-11-15)22(5-2)6-3/h4,7-13H,5-6,14H2,1-3H3,(H,20,23)(H,21,25)/b7-4+,9-8+. The topological polar surface area (TPSA) is 87.7 Å². The van der Waals surface area contributed by atoms with E-state index in [0.29, 0.717) is 5.56 Å². The van der Waals surface area contributed by atoms with Crippen molar-refractivity contribution in [2.45, 2.75) is 20.8 Å². The van der Waals surface area contributed by atoms with Crippen LogP contribution >= 0.6 is 0 Å². The molecule has 1 rings (SSSR count). The lowest BCUT2D eigenvalue weighted by Gasteiger charge is -2.21. The first kappa shape index (κ1) is 21.0. The molecule has 0 bridgehead atoms. The Hall–Kier alpha value is -3.09. The van der Waals surface area contributed by atoms with Gasteiger partial charge in [-0.05, 0) is 45.0 Å². The van der Waals surface area contributed by atoms with E-state index in [9.17, 15) is 14.4 Å². The van der Waals surface area contributed by atoms with Crippen molar-refractivity contribution in [3.05, 3.63) is 54.1 Å². The third-order valence-electron chi connectivity index (χ3n) is 3.45. The molecule has 1 aromatic rings. The van der Waals surface area contributed by atoms with E-state index in [1.807, 2.05) is 19.1 Å². The molecule has 0 heterocycles. The molecule has 0 aliphatic heterocycles. The molecule has 0 fully saturated rings. The number of allylic oxidation sites excluding steroid dienone is 3. The number of rotatable bonds is 8. The summed E-state index contributed by atoms with van der Waals surface area (Å²) in [5.74, 6) is -1.73. The van der Waals surface area contributed by atoms with E-state index in [1.54, 1.807) is 24.3 Å². The average molecular weight is 359 g/mol. The molecule has 0 aliphatic carbocycles. The van der Waals surface area contributed by atoms with Crippen molar-refractivity contribution >= 4 is 23.5 Å². The number of hydrogen-bond acceptors (Lipinski definition) is 5. The van der Waals surface area contributed by atoms with E-state index < -0.39 is 24.4 Å². The third-order valence-corrected chi connectivity index (χ3v) is 3.45. The number of amides is 2. The van der Waals surface area contributed by atoms with Crippen molar-refractivity contribution in [1.82, 2.24) is 10.9 Å². The highest BCUT2D eigenvalue weighted by Crippen LogP contribution is 2.14. The van der Waals surface area contributed by atoms with Crippen LogP contribution in [0.25, 0.3) is 0 Å². The summed E-state index contributed by atoms with van der Waals surface area (Å²) >= 11 is 0. The van der Waals surface area contributed by atoms with Crippen LogP contribution in [-0.2, 0) is 14.3 Å². The van der Waals surface area contributed by atoms with Crippen LogP contribution in [0, 0.1) is 0 Å². The van der Waals surface area contributed by atoms with Gasteiger partial charge in [0.05, 0.1) is 0 Å². The maximum absolute atomic E-state index is 12.0. The molecule has 2 amide bonds. The zero-order chi connectivity index (χ0) is 19.4. The van der Waals surface area contributed by atoms with Gasteiger partial charge in [0, 0.05) is 30.4 Å². The second kappa shape index (κ2) is 11.5. The number of anilines is 1. The van der Waals surface area contributed by atoms with E-state index >= 15 is 0 Å². The summed E-state index contributed by atoms with van der Waals surface area (Å²) in [7, 11) is 0. The van der Waals surface area contributed by atoms with Gasteiger partial charge >= 0.3 is 5.97 Å². The lowest BCUT2D eigenvalue weighted by molar-refractivity contribution is -0.144. The summed E-state index contributed by atoms with van der Waals surface area (Å²) in [6, 6.07) is 7.06. The molecule has 7 heteroatoms. The molecule has 0 atom stereocenters. The van der Waals surface area contributed by atoms with E-state index in [2.05, 4.69) is 29.6 Å². The number of carbonyl (C=O) groups is 3. The van der Waals surface area contributed by atoms with Gasteiger partial charge in [-0.15, -0.1) is 0 Å². The Morgan fingerprint density at radius 2 is 1.69 bits per heavy atom. The van der Waals surface area contributed by atoms with E-state index in [0.717, 1.165) is 18.8 Å². The predicted octanol–water partition coefficient (Wildman–Crippen LogP) is 1.97. The van der Waals surface area contributed by atoms with Crippen molar-refractivity contribution in [3.8, 4) is 0 Å². The van der Waals surface area contributed by atoms with E-state index in [4.69, 9.17) is 4.74 Å². The average Bonchev–Trinajstić information content (AvgIpc) is 2.66. The highest BCUT2D eigenvalue weighted by atomic mass is 16.5. The Morgan fingerprint density at radius 1 is 1.04 bits per heavy atom. The monoisotopic (exact) mass is 359 g/mol. The van der Waals surface area contributed by atoms with Crippen molar-refractivity contribution in [1.29, 1.82) is 0 Å². The van der Waals surface area contributed by atoms with Crippen molar-refractivity contribution in [2.75, 3.05) is 24.6 Å². The Kier molecular flexibility index (Phi) is 9.24. The molecule has 140 valence electrons. The second-order valence-corrected chi connectivity index (χ2v) is 5.21. The Balaban J connectivity index is 2.43. The fraction of sp³-hybridized carbons (Fsp3) is 0.316. The highest BCUT2D eigenvalue weighted by molar-refractivity contribution is 5.96. The van der Waals surface area contributed by atoms with Gasteiger partial charge in [-0.25, -0.2) is 4.79 Å². The molecule has 0 saturated carbocycles. The first-order chi connectivity index (χ1) is 12.5. The van der Waals surface area contributed by atoms with Crippen LogP contribution in [-0.4, -0.2) is 37.5 Å². The first-order valence-corrected chi connectivity index (χ1v) is 8.42. The second-order valence-electron chi connectivity index (χ2n) is 5.21. The largest absolute Gasteiger partial charge is 0.452 e. The molecular formula is C19H25N3O4. The Morgan fingerprint density at radius 3 is 2.27 bits per heavy atom. The number of nitrogens with zero attached hydrogens (tertiary/aromatic N) is 1. The van der Waals surface area contributed by atoms with Gasteiger partial charge in [0.1, 0.15) is 0 Å². The van der Waals surface area contributed by atoms with Gasteiger partial charge in [-0.2, -0.15) is 0 Å². The van der Waals surface area contributed by atoms with E-state index in [1.165, 1.54) is 12.2 Å². The van der Waals surface area contributed by atoms with Crippen molar-refractivity contribution < 1.29 is 19.1 Å². The molecule has 0 aromatic heterocycles. The van der Waals surface area contributed by atoms with Crippen LogP contribution in [0.2, 0.25) is 0 Å².